The van der Waals surface area contributed by atoms with Gasteiger partial charge in [0.1, 0.15) is 5.75 Å². The highest BCUT2D eigenvalue weighted by molar-refractivity contribution is 14.0. The van der Waals surface area contributed by atoms with Gasteiger partial charge in [0.05, 0.1) is 12.3 Å². The molecule has 1 rings (SSSR count). The van der Waals surface area contributed by atoms with Gasteiger partial charge in [0.15, 0.2) is 15.8 Å². The zero-order valence-corrected chi connectivity index (χ0v) is 17.3. The molecule has 144 valence electrons. The Morgan fingerprint density at radius 1 is 1.24 bits per heavy atom. The molecule has 2 N–H and O–H groups in total. The number of alkyl halides is 2. The van der Waals surface area contributed by atoms with Crippen LogP contribution >= 0.6 is 24.0 Å². The van der Waals surface area contributed by atoms with E-state index in [1.807, 2.05) is 6.92 Å². The Morgan fingerprint density at radius 2 is 1.92 bits per heavy atom. The van der Waals surface area contributed by atoms with Gasteiger partial charge in [-0.3, -0.25) is 0 Å². The predicted octanol–water partition coefficient (Wildman–Crippen LogP) is 2.40. The molecule has 0 spiro atoms. The summed E-state index contributed by atoms with van der Waals surface area (Å²) in [5.74, 6) is 0.566. The van der Waals surface area contributed by atoms with Crippen molar-refractivity contribution in [1.82, 2.24) is 10.6 Å². The van der Waals surface area contributed by atoms with Crippen molar-refractivity contribution in [3.05, 3.63) is 29.8 Å². The van der Waals surface area contributed by atoms with Crippen molar-refractivity contribution >= 4 is 39.8 Å². The molecule has 1 aromatic rings. The van der Waals surface area contributed by atoms with Gasteiger partial charge in [-0.15, -0.1) is 24.0 Å². The van der Waals surface area contributed by atoms with Gasteiger partial charge in [0.25, 0.3) is 0 Å². The van der Waals surface area contributed by atoms with Crippen molar-refractivity contribution in [3.63, 3.8) is 0 Å². The van der Waals surface area contributed by atoms with Crippen molar-refractivity contribution in [2.24, 2.45) is 4.99 Å². The van der Waals surface area contributed by atoms with Crippen molar-refractivity contribution in [2.45, 2.75) is 27.0 Å². The van der Waals surface area contributed by atoms with Crippen LogP contribution in [0.25, 0.3) is 0 Å². The normalized spacial score (nSPS) is 11.8. The third-order valence-electron chi connectivity index (χ3n) is 3.09. The molecule has 10 heteroatoms. The third-order valence-corrected chi connectivity index (χ3v) is 4.79. The van der Waals surface area contributed by atoms with Gasteiger partial charge < -0.3 is 15.4 Å². The quantitative estimate of drug-likeness (QED) is 0.315. The smallest absolute Gasteiger partial charge is 0.387 e. The molecule has 0 bridgehead atoms. The number of sulfone groups is 1. The molecule has 0 aliphatic rings. The van der Waals surface area contributed by atoms with Crippen molar-refractivity contribution in [1.29, 1.82) is 0 Å². The molecule has 0 aliphatic carbocycles. The summed E-state index contributed by atoms with van der Waals surface area (Å²) >= 11 is 0. The minimum atomic E-state index is -3.07. The summed E-state index contributed by atoms with van der Waals surface area (Å²) in [7, 11) is -3.07. The summed E-state index contributed by atoms with van der Waals surface area (Å²) in [4.78, 5) is 4.27. The number of aliphatic imine (C=N–C) groups is 1. The minimum absolute atomic E-state index is 0. The zero-order valence-electron chi connectivity index (χ0n) is 14.2. The van der Waals surface area contributed by atoms with Gasteiger partial charge in [-0.25, -0.2) is 13.4 Å². The molecule has 0 atom stereocenters. The van der Waals surface area contributed by atoms with Gasteiger partial charge in [-0.2, -0.15) is 8.78 Å². The molecule has 0 amide bonds. The molecule has 0 unspecified atom stereocenters. The third kappa shape index (κ3) is 9.78. The Labute approximate surface area is 164 Å². The maximum atomic E-state index is 12.4. The predicted molar refractivity (Wildman–Crippen MR) is 106 cm³/mol. The van der Waals surface area contributed by atoms with Crippen LogP contribution in [0.15, 0.2) is 29.3 Å². The molecular formula is C15H24F2IN3O3S. The van der Waals surface area contributed by atoms with E-state index in [9.17, 15) is 17.2 Å². The van der Waals surface area contributed by atoms with Crippen LogP contribution in [-0.2, 0) is 16.4 Å². The first-order valence-electron chi connectivity index (χ1n) is 7.63. The Kier molecular flexibility index (Phi) is 11.7. The zero-order chi connectivity index (χ0) is 18.0. The fourth-order valence-corrected chi connectivity index (χ4v) is 2.52. The monoisotopic (exact) mass is 491 g/mol. The average Bonchev–Trinajstić information content (AvgIpc) is 2.53. The number of rotatable bonds is 9. The Morgan fingerprint density at radius 3 is 2.52 bits per heavy atom. The molecule has 0 fully saturated rings. The SMILES string of the molecule is CCNC(=NCc1ccccc1OC(F)F)NCCS(=O)(=O)CC.I. The molecule has 0 aromatic heterocycles. The lowest BCUT2D eigenvalue weighted by molar-refractivity contribution is -0.0504. The van der Waals surface area contributed by atoms with Gasteiger partial charge in [0.2, 0.25) is 0 Å². The molecule has 0 saturated heterocycles. The fraction of sp³-hybridized carbons (Fsp3) is 0.533. The van der Waals surface area contributed by atoms with Crippen LogP contribution < -0.4 is 15.4 Å². The van der Waals surface area contributed by atoms with Crippen LogP contribution in [-0.4, -0.2) is 45.6 Å². The lowest BCUT2D eigenvalue weighted by atomic mass is 10.2. The van der Waals surface area contributed by atoms with Crippen molar-refractivity contribution < 1.29 is 21.9 Å². The average molecular weight is 491 g/mol. The van der Waals surface area contributed by atoms with Crippen LogP contribution in [0, 0.1) is 0 Å². The number of hydrogen-bond donors (Lipinski definition) is 2. The van der Waals surface area contributed by atoms with Gasteiger partial charge in [-0.05, 0) is 13.0 Å². The van der Waals surface area contributed by atoms with E-state index in [0.29, 0.717) is 18.1 Å². The molecule has 0 heterocycles. The summed E-state index contributed by atoms with van der Waals surface area (Å²) in [5, 5.41) is 5.88. The molecular weight excluding hydrogens is 467 g/mol. The van der Waals surface area contributed by atoms with Crippen molar-refractivity contribution in [3.8, 4) is 5.75 Å². The molecule has 1 aromatic carbocycles. The standard InChI is InChI=1S/C15H23F2N3O3S.HI/c1-3-18-15(19-9-10-24(21,22)4-2)20-11-12-7-5-6-8-13(12)23-14(16)17;/h5-8,14H,3-4,9-11H2,1-2H3,(H2,18,19,20);1H. The molecule has 0 aliphatic heterocycles. The Hall–Kier alpha value is -1.17. The highest BCUT2D eigenvalue weighted by Gasteiger charge is 2.10. The summed E-state index contributed by atoms with van der Waals surface area (Å²) in [6.45, 7) is 1.49. The maximum Gasteiger partial charge on any atom is 0.387 e. The number of benzene rings is 1. The first-order valence-corrected chi connectivity index (χ1v) is 9.45. The van der Waals surface area contributed by atoms with Crippen LogP contribution in [0.2, 0.25) is 0 Å². The second kappa shape index (κ2) is 12.2. The number of nitrogens with one attached hydrogen (secondary N) is 2. The second-order valence-corrected chi connectivity index (χ2v) is 7.32. The molecule has 0 saturated carbocycles. The first kappa shape index (κ1) is 23.8. The van der Waals surface area contributed by atoms with Gasteiger partial charge in [0, 0.05) is 24.4 Å². The van der Waals surface area contributed by atoms with E-state index in [4.69, 9.17) is 0 Å². The summed E-state index contributed by atoms with van der Waals surface area (Å²) in [6.07, 6.45) is 0. The Bertz CT molecular complexity index is 643. The van der Waals surface area contributed by atoms with Crippen LogP contribution in [0.5, 0.6) is 5.75 Å². The molecule has 25 heavy (non-hydrogen) atoms. The van der Waals surface area contributed by atoms with E-state index in [-0.39, 0.29) is 54.3 Å². The van der Waals surface area contributed by atoms with E-state index < -0.39 is 16.4 Å². The van der Waals surface area contributed by atoms with E-state index in [1.54, 1.807) is 25.1 Å². The topological polar surface area (TPSA) is 79.8 Å². The number of guanidine groups is 1. The second-order valence-electron chi connectivity index (χ2n) is 4.84. The maximum absolute atomic E-state index is 12.4. The van der Waals surface area contributed by atoms with Crippen molar-refractivity contribution in [2.75, 3.05) is 24.6 Å². The summed E-state index contributed by atoms with van der Waals surface area (Å²) in [6, 6.07) is 6.40. The number of hydrogen-bond acceptors (Lipinski definition) is 4. The highest BCUT2D eigenvalue weighted by atomic mass is 127. The van der Waals surface area contributed by atoms with Crippen LogP contribution in [0.1, 0.15) is 19.4 Å². The fourth-order valence-electron chi connectivity index (χ4n) is 1.82. The van der Waals surface area contributed by atoms with E-state index in [2.05, 4.69) is 20.4 Å². The number of halogens is 3. The summed E-state index contributed by atoms with van der Waals surface area (Å²) < 4.78 is 52.2. The number of ether oxygens (including phenoxy) is 1. The first-order chi connectivity index (χ1) is 11.4. The van der Waals surface area contributed by atoms with E-state index >= 15 is 0 Å². The lowest BCUT2D eigenvalue weighted by Gasteiger charge is -2.12. The van der Waals surface area contributed by atoms with Gasteiger partial charge >= 0.3 is 6.61 Å². The van der Waals surface area contributed by atoms with E-state index in [0.717, 1.165) is 0 Å². The minimum Gasteiger partial charge on any atom is -0.434 e. The number of nitrogens with zero attached hydrogens (tertiary/aromatic N) is 1. The van der Waals surface area contributed by atoms with E-state index in [1.165, 1.54) is 6.07 Å². The largest absolute Gasteiger partial charge is 0.434 e. The lowest BCUT2D eigenvalue weighted by Crippen LogP contribution is -2.39. The molecule has 0 radical (unpaired) electrons. The molecule has 6 nitrogen and oxygen atoms in total. The number of para-hydroxylation sites is 1. The van der Waals surface area contributed by atoms with Crippen LogP contribution in [0.3, 0.4) is 0 Å². The Balaban J connectivity index is 0.00000576. The summed E-state index contributed by atoms with van der Waals surface area (Å²) in [5.41, 5.74) is 0.510. The van der Waals surface area contributed by atoms with Crippen LogP contribution in [0.4, 0.5) is 8.78 Å². The highest BCUT2D eigenvalue weighted by Crippen LogP contribution is 2.20. The van der Waals surface area contributed by atoms with Gasteiger partial charge in [-0.1, -0.05) is 25.1 Å².